The first-order valence-corrected chi connectivity index (χ1v) is 6.14. The second kappa shape index (κ2) is 6.19. The van der Waals surface area contributed by atoms with E-state index in [-0.39, 0.29) is 18.0 Å². The topological polar surface area (TPSA) is 90.4 Å². The second-order valence-corrected chi connectivity index (χ2v) is 4.47. The van der Waals surface area contributed by atoms with Crippen molar-refractivity contribution in [3.63, 3.8) is 0 Å². The average molecular weight is 291 g/mol. The van der Waals surface area contributed by atoms with Gasteiger partial charge in [-0.15, -0.1) is 0 Å². The summed E-state index contributed by atoms with van der Waals surface area (Å²) in [6.07, 6.45) is 0. The first kappa shape index (κ1) is 14.7. The van der Waals surface area contributed by atoms with Gasteiger partial charge in [-0.25, -0.2) is 4.39 Å². The highest BCUT2D eigenvalue weighted by Crippen LogP contribution is 2.25. The van der Waals surface area contributed by atoms with Crippen LogP contribution in [0.5, 0.6) is 5.75 Å². The molecule has 7 heteroatoms. The molecule has 0 radical (unpaired) electrons. The van der Waals surface area contributed by atoms with Crippen molar-refractivity contribution in [3.05, 3.63) is 63.5 Å². The molecule has 3 N–H and O–H groups in total. The first-order chi connectivity index (χ1) is 10.0. The number of nitro groups is 1. The monoisotopic (exact) mass is 291 g/mol. The van der Waals surface area contributed by atoms with Crippen molar-refractivity contribution >= 4 is 11.4 Å². The lowest BCUT2D eigenvalue weighted by Crippen LogP contribution is -2.11. The van der Waals surface area contributed by atoms with E-state index in [2.05, 4.69) is 5.43 Å². The number of hydrogen-bond donors (Lipinski definition) is 2. The Hall–Kier alpha value is -2.67. The maximum absolute atomic E-state index is 13.6. The minimum Gasteiger partial charge on any atom is -0.486 e. The summed E-state index contributed by atoms with van der Waals surface area (Å²) in [5, 5.41) is 10.8. The molecule has 110 valence electrons. The molecular weight excluding hydrogens is 277 g/mol. The number of benzene rings is 2. The zero-order chi connectivity index (χ0) is 15.4. The number of nitrogens with one attached hydrogen (secondary N) is 1. The Morgan fingerprint density at radius 1 is 1.33 bits per heavy atom. The minimum absolute atomic E-state index is 0.0401. The van der Waals surface area contributed by atoms with Crippen LogP contribution in [0.25, 0.3) is 0 Å². The number of nitrogen functional groups attached to an aromatic ring is 1. The molecule has 2 rings (SSSR count). The molecule has 0 unspecified atom stereocenters. The Morgan fingerprint density at radius 2 is 2.10 bits per heavy atom. The fraction of sp³-hybridized carbons (Fsp3) is 0.143. The van der Waals surface area contributed by atoms with Crippen molar-refractivity contribution in [1.29, 1.82) is 0 Å². The summed E-state index contributed by atoms with van der Waals surface area (Å²) in [4.78, 5) is 10.3. The third-order valence-corrected chi connectivity index (χ3v) is 2.93. The number of ether oxygens (including phenoxy) is 1. The van der Waals surface area contributed by atoms with Gasteiger partial charge in [0.15, 0.2) is 11.6 Å². The second-order valence-electron chi connectivity index (χ2n) is 4.47. The van der Waals surface area contributed by atoms with Gasteiger partial charge in [0.25, 0.3) is 5.69 Å². The van der Waals surface area contributed by atoms with Gasteiger partial charge in [-0.1, -0.05) is 6.07 Å². The Morgan fingerprint density at radius 3 is 2.76 bits per heavy atom. The van der Waals surface area contributed by atoms with Gasteiger partial charge in [0.2, 0.25) is 0 Å². The van der Waals surface area contributed by atoms with Gasteiger partial charge < -0.3 is 10.2 Å². The van der Waals surface area contributed by atoms with Gasteiger partial charge >= 0.3 is 0 Å². The van der Waals surface area contributed by atoms with Crippen molar-refractivity contribution in [1.82, 2.24) is 0 Å². The van der Waals surface area contributed by atoms with Gasteiger partial charge in [0.05, 0.1) is 10.6 Å². The van der Waals surface area contributed by atoms with E-state index in [1.165, 1.54) is 24.3 Å². The third-order valence-electron chi connectivity index (χ3n) is 2.93. The van der Waals surface area contributed by atoms with E-state index >= 15 is 0 Å². The molecule has 0 aliphatic heterocycles. The lowest BCUT2D eigenvalue weighted by atomic mass is 10.1. The molecule has 21 heavy (non-hydrogen) atoms. The van der Waals surface area contributed by atoms with Gasteiger partial charge in [0, 0.05) is 17.7 Å². The molecule has 2 aromatic rings. The quantitative estimate of drug-likeness (QED) is 0.502. The zero-order valence-electron chi connectivity index (χ0n) is 11.3. The number of rotatable bonds is 5. The van der Waals surface area contributed by atoms with Gasteiger partial charge in [-0.2, -0.15) is 0 Å². The van der Waals surface area contributed by atoms with Crippen LogP contribution >= 0.6 is 0 Å². The van der Waals surface area contributed by atoms with Gasteiger partial charge in [-0.3, -0.25) is 16.0 Å². The largest absolute Gasteiger partial charge is 0.486 e. The fourth-order valence-corrected chi connectivity index (χ4v) is 1.83. The molecule has 0 saturated heterocycles. The molecule has 0 fully saturated rings. The average Bonchev–Trinajstić information content (AvgIpc) is 2.47. The zero-order valence-corrected chi connectivity index (χ0v) is 11.3. The van der Waals surface area contributed by atoms with Crippen LogP contribution in [0.2, 0.25) is 0 Å². The van der Waals surface area contributed by atoms with Crippen molar-refractivity contribution in [2.45, 2.75) is 13.5 Å². The van der Waals surface area contributed by atoms with Crippen LogP contribution in [0.4, 0.5) is 15.8 Å². The standard InChI is InChI=1S/C14H14FN3O3/c1-9-2-4-12(15)14(6-9)21-8-10-7-11(18(19)20)3-5-13(10)17-16/h2-7,17H,8,16H2,1H3. The molecule has 0 saturated carbocycles. The molecule has 0 aliphatic carbocycles. The van der Waals surface area contributed by atoms with Gasteiger partial charge in [-0.05, 0) is 30.7 Å². The summed E-state index contributed by atoms with van der Waals surface area (Å²) < 4.78 is 19.0. The summed E-state index contributed by atoms with van der Waals surface area (Å²) >= 11 is 0. The van der Waals surface area contributed by atoms with E-state index in [1.807, 2.05) is 6.92 Å². The lowest BCUT2D eigenvalue weighted by molar-refractivity contribution is -0.384. The van der Waals surface area contributed by atoms with E-state index in [4.69, 9.17) is 10.6 Å². The van der Waals surface area contributed by atoms with Crippen LogP contribution in [0, 0.1) is 22.9 Å². The fourth-order valence-electron chi connectivity index (χ4n) is 1.83. The van der Waals surface area contributed by atoms with Crippen LogP contribution in [0.15, 0.2) is 36.4 Å². The van der Waals surface area contributed by atoms with E-state index < -0.39 is 10.7 Å². The highest BCUT2D eigenvalue weighted by molar-refractivity contribution is 5.55. The molecule has 0 heterocycles. The maximum Gasteiger partial charge on any atom is 0.269 e. The van der Waals surface area contributed by atoms with E-state index in [0.717, 1.165) is 5.56 Å². The van der Waals surface area contributed by atoms with Crippen LogP contribution < -0.4 is 16.0 Å². The molecule has 0 amide bonds. The number of aryl methyl sites for hydroxylation is 1. The Bertz CT molecular complexity index is 677. The van der Waals surface area contributed by atoms with E-state index in [0.29, 0.717) is 11.3 Å². The van der Waals surface area contributed by atoms with E-state index in [1.54, 1.807) is 12.1 Å². The molecule has 0 atom stereocenters. The van der Waals surface area contributed by atoms with E-state index in [9.17, 15) is 14.5 Å². The SMILES string of the molecule is Cc1ccc(F)c(OCc2cc([N+](=O)[O-])ccc2NN)c1. The van der Waals surface area contributed by atoms with Crippen LogP contribution in [-0.4, -0.2) is 4.92 Å². The third kappa shape index (κ3) is 3.46. The summed E-state index contributed by atoms with van der Waals surface area (Å²) in [5.74, 6) is 4.95. The normalized spacial score (nSPS) is 10.2. The smallest absolute Gasteiger partial charge is 0.269 e. The molecule has 2 aromatic carbocycles. The molecular formula is C14H14FN3O3. The van der Waals surface area contributed by atoms with Crippen molar-refractivity contribution in [2.75, 3.05) is 5.43 Å². The molecule has 6 nitrogen and oxygen atoms in total. The molecule has 0 spiro atoms. The number of hydrogen-bond acceptors (Lipinski definition) is 5. The number of halogens is 1. The van der Waals surface area contributed by atoms with Crippen molar-refractivity contribution in [3.8, 4) is 5.75 Å². The predicted octanol–water partition coefficient (Wildman–Crippen LogP) is 2.91. The molecule has 0 bridgehead atoms. The number of nitrogens with zero attached hydrogens (tertiary/aromatic N) is 1. The number of nitro benzene ring substituents is 1. The predicted molar refractivity (Wildman–Crippen MR) is 76.4 cm³/mol. The Labute approximate surface area is 120 Å². The minimum atomic E-state index is -0.517. The van der Waals surface area contributed by atoms with Crippen molar-refractivity contribution in [2.24, 2.45) is 5.84 Å². The number of nitrogens with two attached hydrogens (primary N) is 1. The van der Waals surface area contributed by atoms with Crippen LogP contribution in [-0.2, 0) is 6.61 Å². The number of hydrazine groups is 1. The molecule has 0 aliphatic rings. The highest BCUT2D eigenvalue weighted by atomic mass is 19.1. The van der Waals surface area contributed by atoms with Crippen molar-refractivity contribution < 1.29 is 14.1 Å². The van der Waals surface area contributed by atoms with Crippen LogP contribution in [0.1, 0.15) is 11.1 Å². The Kier molecular flexibility index (Phi) is 4.34. The Balaban J connectivity index is 2.24. The summed E-state index contributed by atoms with van der Waals surface area (Å²) in [6, 6.07) is 8.63. The summed E-state index contributed by atoms with van der Waals surface area (Å²) in [7, 11) is 0. The summed E-state index contributed by atoms with van der Waals surface area (Å²) in [5.41, 5.74) is 4.14. The lowest BCUT2D eigenvalue weighted by Gasteiger charge is -2.11. The van der Waals surface area contributed by atoms with Gasteiger partial charge in [0.1, 0.15) is 6.61 Å². The number of anilines is 1. The first-order valence-electron chi connectivity index (χ1n) is 6.14. The highest BCUT2D eigenvalue weighted by Gasteiger charge is 2.12. The number of non-ortho nitro benzene ring substituents is 1. The summed E-state index contributed by atoms with van der Waals surface area (Å²) in [6.45, 7) is 1.77. The maximum atomic E-state index is 13.6. The van der Waals surface area contributed by atoms with Crippen LogP contribution in [0.3, 0.4) is 0 Å². The molecule has 0 aromatic heterocycles.